The van der Waals surface area contributed by atoms with Gasteiger partial charge in [-0.25, -0.2) is 0 Å². The van der Waals surface area contributed by atoms with Crippen LogP contribution in [0.15, 0.2) is 66.7 Å². The summed E-state index contributed by atoms with van der Waals surface area (Å²) in [6.07, 6.45) is 6.40. The Kier molecular flexibility index (Phi) is 3.51. The van der Waals surface area contributed by atoms with Crippen molar-refractivity contribution in [1.29, 1.82) is 0 Å². The van der Waals surface area contributed by atoms with Crippen LogP contribution < -0.4 is 4.57 Å². The minimum atomic E-state index is 0.156. The Labute approximate surface area is 135 Å². The molecule has 0 N–H and O–H groups in total. The van der Waals surface area contributed by atoms with Crippen LogP contribution in [0.2, 0.25) is 0 Å². The second-order valence-electron chi connectivity index (χ2n) is 5.92. The molecule has 0 unspecified atom stereocenters. The molecule has 1 aliphatic carbocycles. The summed E-state index contributed by atoms with van der Waals surface area (Å²) >= 11 is 0. The fourth-order valence-corrected chi connectivity index (χ4v) is 3.30. The normalized spacial score (nSPS) is 13.0. The van der Waals surface area contributed by atoms with Crippen molar-refractivity contribution in [3.05, 3.63) is 83.6 Å². The number of ketones is 1. The zero-order valence-corrected chi connectivity index (χ0v) is 12.9. The Morgan fingerprint density at radius 1 is 1.00 bits per heavy atom. The van der Waals surface area contributed by atoms with Crippen LogP contribution in [0.1, 0.15) is 28.0 Å². The third kappa shape index (κ3) is 2.57. The number of allylic oxidation sites excluding steroid dienone is 1. The highest BCUT2D eigenvalue weighted by Gasteiger charge is 2.24. The van der Waals surface area contributed by atoms with Gasteiger partial charge in [-0.05, 0) is 18.6 Å². The van der Waals surface area contributed by atoms with Gasteiger partial charge in [0.15, 0.2) is 5.69 Å². The quantitative estimate of drug-likeness (QED) is 0.529. The number of Topliss-reactive ketones (excluding diaryl/α,β-unsaturated/α-hetero) is 1. The summed E-state index contributed by atoms with van der Waals surface area (Å²) in [7, 11) is 0. The molecule has 1 aliphatic rings. The van der Waals surface area contributed by atoms with Gasteiger partial charge in [-0.3, -0.25) is 4.79 Å². The first kappa shape index (κ1) is 13.9. The van der Waals surface area contributed by atoms with Crippen molar-refractivity contribution in [2.45, 2.75) is 19.4 Å². The second kappa shape index (κ2) is 5.81. The van der Waals surface area contributed by atoms with Crippen LogP contribution in [0, 0.1) is 0 Å². The van der Waals surface area contributed by atoms with Crippen LogP contribution in [-0.2, 0) is 13.0 Å². The lowest BCUT2D eigenvalue weighted by molar-refractivity contribution is -0.665. The molecule has 23 heavy (non-hydrogen) atoms. The summed E-state index contributed by atoms with van der Waals surface area (Å²) in [5.74, 6) is 0.156. The smallest absolute Gasteiger partial charge is 0.227 e. The Bertz CT molecular complexity index is 910. The number of para-hydroxylation sites is 1. The molecule has 4 rings (SSSR count). The third-order valence-electron chi connectivity index (χ3n) is 4.44. The van der Waals surface area contributed by atoms with Gasteiger partial charge >= 0.3 is 0 Å². The molecular formula is C21H18NO+. The Balaban J connectivity index is 1.85. The molecule has 1 aromatic heterocycles. The first-order chi connectivity index (χ1) is 11.3. The molecule has 0 atom stereocenters. The Morgan fingerprint density at radius 3 is 2.65 bits per heavy atom. The van der Waals surface area contributed by atoms with Crippen molar-refractivity contribution in [2.24, 2.45) is 0 Å². The van der Waals surface area contributed by atoms with Crippen LogP contribution in [0.25, 0.3) is 17.0 Å². The molecule has 2 nitrogen and oxygen atoms in total. The number of fused-ring (bicyclic) bond motifs is 2. The lowest BCUT2D eigenvalue weighted by Crippen LogP contribution is -2.44. The number of rotatable bonds is 3. The molecule has 2 aromatic carbocycles. The number of aromatic nitrogens is 1. The van der Waals surface area contributed by atoms with E-state index in [4.69, 9.17) is 0 Å². The molecule has 112 valence electrons. The predicted octanol–water partition coefficient (Wildman–Crippen LogP) is 3.97. The standard InChI is InChI=1S/C21H18NO/c23-21(16-8-2-1-3-9-16)15-22-19-12-6-4-10-17(19)14-18-11-5-7-13-20(18)22/h1-6,8-12,14H,7,13,15H2/q+1. The van der Waals surface area contributed by atoms with Crippen LogP contribution >= 0.6 is 0 Å². The largest absolute Gasteiger partial charge is 0.287 e. The van der Waals surface area contributed by atoms with E-state index in [0.717, 1.165) is 23.9 Å². The van der Waals surface area contributed by atoms with Crippen molar-refractivity contribution in [3.8, 4) is 0 Å². The van der Waals surface area contributed by atoms with Crippen molar-refractivity contribution < 1.29 is 9.36 Å². The van der Waals surface area contributed by atoms with E-state index in [2.05, 4.69) is 34.9 Å². The number of carbonyl (C=O) groups is 1. The van der Waals surface area contributed by atoms with E-state index in [1.54, 1.807) is 0 Å². The van der Waals surface area contributed by atoms with E-state index in [1.165, 1.54) is 16.6 Å². The summed E-state index contributed by atoms with van der Waals surface area (Å²) in [6, 6.07) is 20.1. The average Bonchev–Trinajstić information content (AvgIpc) is 2.62. The number of pyridine rings is 1. The van der Waals surface area contributed by atoms with Crippen molar-refractivity contribution in [1.82, 2.24) is 0 Å². The summed E-state index contributed by atoms with van der Waals surface area (Å²) < 4.78 is 2.20. The van der Waals surface area contributed by atoms with Gasteiger partial charge in [0.05, 0.1) is 0 Å². The highest BCUT2D eigenvalue weighted by molar-refractivity contribution is 5.95. The molecular weight excluding hydrogens is 282 g/mol. The molecule has 1 heterocycles. The highest BCUT2D eigenvalue weighted by Crippen LogP contribution is 2.21. The fraction of sp³-hybridized carbons (Fsp3) is 0.143. The van der Waals surface area contributed by atoms with Crippen molar-refractivity contribution in [3.63, 3.8) is 0 Å². The minimum absolute atomic E-state index is 0.156. The zero-order valence-electron chi connectivity index (χ0n) is 12.9. The van der Waals surface area contributed by atoms with E-state index in [-0.39, 0.29) is 5.78 Å². The number of benzene rings is 2. The van der Waals surface area contributed by atoms with E-state index in [0.29, 0.717) is 6.54 Å². The molecule has 2 heteroatoms. The van der Waals surface area contributed by atoms with Crippen molar-refractivity contribution in [2.75, 3.05) is 0 Å². The summed E-state index contributed by atoms with van der Waals surface area (Å²) in [4.78, 5) is 12.7. The maximum absolute atomic E-state index is 12.7. The van der Waals surface area contributed by atoms with Crippen LogP contribution in [-0.4, -0.2) is 5.78 Å². The van der Waals surface area contributed by atoms with E-state index >= 15 is 0 Å². The number of hydrogen-bond donors (Lipinski definition) is 0. The van der Waals surface area contributed by atoms with Crippen molar-refractivity contribution >= 4 is 22.8 Å². The molecule has 0 spiro atoms. The molecule has 0 amide bonds. The topological polar surface area (TPSA) is 20.9 Å². The average molecular weight is 300 g/mol. The molecule has 0 saturated heterocycles. The van der Waals surface area contributed by atoms with Gasteiger partial charge in [0, 0.05) is 29.0 Å². The van der Waals surface area contributed by atoms with E-state index in [1.807, 2.05) is 42.5 Å². The van der Waals surface area contributed by atoms with Gasteiger partial charge in [-0.2, -0.15) is 4.57 Å². The fourth-order valence-electron chi connectivity index (χ4n) is 3.30. The minimum Gasteiger partial charge on any atom is -0.287 e. The monoisotopic (exact) mass is 300 g/mol. The third-order valence-corrected chi connectivity index (χ3v) is 4.44. The molecule has 0 saturated carbocycles. The summed E-state index contributed by atoms with van der Waals surface area (Å²) in [6.45, 7) is 0.390. The predicted molar refractivity (Wildman–Crippen MR) is 92.3 cm³/mol. The molecule has 3 aromatic rings. The molecule has 0 fully saturated rings. The van der Waals surface area contributed by atoms with Gasteiger partial charge in [0.25, 0.3) is 0 Å². The lowest BCUT2D eigenvalue weighted by atomic mass is 9.99. The van der Waals surface area contributed by atoms with Gasteiger partial charge < -0.3 is 0 Å². The van der Waals surface area contributed by atoms with Gasteiger partial charge in [-0.15, -0.1) is 0 Å². The first-order valence-electron chi connectivity index (χ1n) is 8.02. The second-order valence-corrected chi connectivity index (χ2v) is 5.92. The molecule has 0 radical (unpaired) electrons. The number of nitrogens with zero attached hydrogens (tertiary/aromatic N) is 1. The molecule has 0 aliphatic heterocycles. The lowest BCUT2D eigenvalue weighted by Gasteiger charge is -2.12. The Hall–Kier alpha value is -2.74. The number of carbonyl (C=O) groups excluding carboxylic acids is 1. The highest BCUT2D eigenvalue weighted by atomic mass is 16.1. The van der Waals surface area contributed by atoms with Gasteiger partial charge in [0.1, 0.15) is 0 Å². The first-order valence-corrected chi connectivity index (χ1v) is 8.02. The van der Waals surface area contributed by atoms with Gasteiger partial charge in [-0.1, -0.05) is 54.6 Å². The number of hydrogen-bond acceptors (Lipinski definition) is 1. The summed E-state index contributed by atoms with van der Waals surface area (Å²) in [5, 5.41) is 1.18. The Morgan fingerprint density at radius 2 is 1.78 bits per heavy atom. The van der Waals surface area contributed by atoms with Crippen LogP contribution in [0.3, 0.4) is 0 Å². The maximum atomic E-state index is 12.7. The summed E-state index contributed by atoms with van der Waals surface area (Å²) in [5.41, 5.74) is 4.39. The van der Waals surface area contributed by atoms with Crippen LogP contribution in [0.5, 0.6) is 0 Å². The van der Waals surface area contributed by atoms with Crippen LogP contribution in [0.4, 0.5) is 0 Å². The maximum Gasteiger partial charge on any atom is 0.227 e. The van der Waals surface area contributed by atoms with E-state index < -0.39 is 0 Å². The van der Waals surface area contributed by atoms with Gasteiger partial charge in [0.2, 0.25) is 17.8 Å². The van der Waals surface area contributed by atoms with E-state index in [9.17, 15) is 4.79 Å². The SMILES string of the molecule is O=C(C[n+]1c2c(cc3ccccc31)C=CCC2)c1ccccc1. The zero-order chi connectivity index (χ0) is 15.6. The molecule has 0 bridgehead atoms.